The normalized spacial score (nSPS) is 22.9. The van der Waals surface area contributed by atoms with Gasteiger partial charge in [-0.2, -0.15) is 0 Å². The number of carbonyl (C=O) groups is 2. The van der Waals surface area contributed by atoms with Gasteiger partial charge in [0.2, 0.25) is 5.91 Å². The molecule has 2 aliphatic heterocycles. The summed E-state index contributed by atoms with van der Waals surface area (Å²) >= 11 is 5.40. The second-order valence-electron chi connectivity index (χ2n) is 8.22. The van der Waals surface area contributed by atoms with E-state index in [1.54, 1.807) is 10.8 Å². The van der Waals surface area contributed by atoms with E-state index in [1.165, 1.54) is 0 Å². The molecule has 2 atom stereocenters. The molecule has 2 fully saturated rings. The van der Waals surface area contributed by atoms with E-state index in [4.69, 9.17) is 17.0 Å². The van der Waals surface area contributed by atoms with Gasteiger partial charge in [0, 0.05) is 44.0 Å². The van der Waals surface area contributed by atoms with Crippen LogP contribution in [0.4, 0.5) is 0 Å². The summed E-state index contributed by atoms with van der Waals surface area (Å²) in [7, 11) is 0. The number of para-hydroxylation sites is 1. The highest BCUT2D eigenvalue weighted by atomic mass is 32.1. The SMILES string of the molecule is C[C@@H]1CN(C(=O)C2CCN(C(=O)c3c[nH]c(=S)n3-c3ccccc3)CC2)C[C@H](C)O1. The summed E-state index contributed by atoms with van der Waals surface area (Å²) in [5.41, 5.74) is 1.37. The Kier molecular flexibility index (Phi) is 6.06. The molecule has 7 nitrogen and oxygen atoms in total. The maximum absolute atomic E-state index is 13.2. The Balaban J connectivity index is 1.42. The largest absolute Gasteiger partial charge is 0.372 e. The molecule has 2 amide bonds. The van der Waals surface area contributed by atoms with Crippen LogP contribution in [0.25, 0.3) is 5.69 Å². The number of H-pyrrole nitrogens is 1. The summed E-state index contributed by atoms with van der Waals surface area (Å²) < 4.78 is 8.00. The van der Waals surface area contributed by atoms with Crippen molar-refractivity contribution in [2.24, 2.45) is 5.92 Å². The Morgan fingerprint density at radius 1 is 1.03 bits per heavy atom. The molecule has 1 aromatic heterocycles. The first-order valence-corrected chi connectivity index (χ1v) is 10.9. The van der Waals surface area contributed by atoms with Crippen LogP contribution in [0.5, 0.6) is 0 Å². The van der Waals surface area contributed by atoms with Crippen LogP contribution in [-0.2, 0) is 9.53 Å². The first kappa shape index (κ1) is 20.8. The molecule has 0 saturated carbocycles. The van der Waals surface area contributed by atoms with E-state index >= 15 is 0 Å². The van der Waals surface area contributed by atoms with Crippen LogP contribution in [0.2, 0.25) is 0 Å². The minimum Gasteiger partial charge on any atom is -0.372 e. The Labute approximate surface area is 181 Å². The van der Waals surface area contributed by atoms with Crippen LogP contribution in [0, 0.1) is 10.7 Å². The Hall–Kier alpha value is -2.45. The van der Waals surface area contributed by atoms with Gasteiger partial charge in [-0.1, -0.05) is 18.2 Å². The van der Waals surface area contributed by atoms with E-state index < -0.39 is 0 Å². The summed E-state index contributed by atoms with van der Waals surface area (Å²) in [6.45, 7) is 6.43. The predicted molar refractivity (Wildman–Crippen MR) is 116 cm³/mol. The fourth-order valence-corrected chi connectivity index (χ4v) is 4.73. The third-order valence-electron chi connectivity index (χ3n) is 5.87. The standard InChI is InChI=1S/C22H28N4O3S/c1-15-13-25(14-16(2)29-15)20(27)17-8-10-24(11-9-17)21(28)19-12-23-22(30)26(19)18-6-4-3-5-7-18/h3-7,12,15-17H,8-11,13-14H2,1-2H3,(H,23,30)/t15-,16+. The third-order valence-corrected chi connectivity index (χ3v) is 6.17. The van der Waals surface area contributed by atoms with Crippen molar-refractivity contribution >= 4 is 24.0 Å². The summed E-state index contributed by atoms with van der Waals surface area (Å²) in [4.78, 5) is 32.9. The number of carbonyl (C=O) groups excluding carboxylic acids is 2. The van der Waals surface area contributed by atoms with E-state index in [9.17, 15) is 9.59 Å². The zero-order valence-electron chi connectivity index (χ0n) is 17.4. The lowest BCUT2D eigenvalue weighted by Gasteiger charge is -2.39. The lowest BCUT2D eigenvalue weighted by Crippen LogP contribution is -2.51. The van der Waals surface area contributed by atoms with Gasteiger partial charge in [-0.3, -0.25) is 14.2 Å². The predicted octanol–water partition coefficient (Wildman–Crippen LogP) is 3.02. The molecule has 0 bridgehead atoms. The molecular weight excluding hydrogens is 400 g/mol. The number of nitrogens with one attached hydrogen (secondary N) is 1. The fourth-order valence-electron chi connectivity index (χ4n) is 4.47. The van der Waals surface area contributed by atoms with Crippen LogP contribution in [0.1, 0.15) is 37.2 Å². The zero-order valence-corrected chi connectivity index (χ0v) is 18.2. The number of rotatable bonds is 3. The van der Waals surface area contributed by atoms with Gasteiger partial charge in [0.1, 0.15) is 5.69 Å². The maximum Gasteiger partial charge on any atom is 0.272 e. The number of imidazole rings is 1. The van der Waals surface area contributed by atoms with Crippen molar-refractivity contribution < 1.29 is 14.3 Å². The molecule has 8 heteroatoms. The second-order valence-corrected chi connectivity index (χ2v) is 8.60. The number of nitrogens with zero attached hydrogens (tertiary/aromatic N) is 3. The van der Waals surface area contributed by atoms with Crippen molar-refractivity contribution in [1.82, 2.24) is 19.4 Å². The number of aromatic nitrogens is 2. The zero-order chi connectivity index (χ0) is 21.3. The molecule has 2 aliphatic rings. The molecule has 0 unspecified atom stereocenters. The number of hydrogen-bond acceptors (Lipinski definition) is 4. The Bertz CT molecular complexity index is 952. The van der Waals surface area contributed by atoms with Crippen LogP contribution in [-0.4, -0.2) is 69.6 Å². The maximum atomic E-state index is 13.2. The second kappa shape index (κ2) is 8.73. The summed E-state index contributed by atoms with van der Waals surface area (Å²) in [5.74, 6) is 0.0946. The molecule has 30 heavy (non-hydrogen) atoms. The van der Waals surface area contributed by atoms with Gasteiger partial charge in [-0.25, -0.2) is 0 Å². The molecule has 4 rings (SSSR count). The highest BCUT2D eigenvalue weighted by Crippen LogP contribution is 2.24. The third kappa shape index (κ3) is 4.20. The molecule has 160 valence electrons. The average molecular weight is 429 g/mol. The number of benzene rings is 1. The van der Waals surface area contributed by atoms with E-state index in [2.05, 4.69) is 4.98 Å². The van der Waals surface area contributed by atoms with Crippen molar-refractivity contribution in [2.45, 2.75) is 38.9 Å². The smallest absolute Gasteiger partial charge is 0.272 e. The molecule has 1 N–H and O–H groups in total. The molecule has 0 spiro atoms. The minimum atomic E-state index is -0.0641. The van der Waals surface area contributed by atoms with Crippen molar-refractivity contribution in [3.05, 3.63) is 47.0 Å². The van der Waals surface area contributed by atoms with Crippen molar-refractivity contribution in [3.63, 3.8) is 0 Å². The van der Waals surface area contributed by atoms with Crippen molar-refractivity contribution in [1.29, 1.82) is 0 Å². The average Bonchev–Trinajstić information content (AvgIpc) is 3.14. The van der Waals surface area contributed by atoms with Gasteiger partial charge < -0.3 is 19.5 Å². The van der Waals surface area contributed by atoms with E-state index in [0.29, 0.717) is 49.5 Å². The molecule has 0 aliphatic carbocycles. The number of ether oxygens (including phenoxy) is 1. The summed E-state index contributed by atoms with van der Waals surface area (Å²) in [5, 5.41) is 0. The van der Waals surface area contributed by atoms with Crippen molar-refractivity contribution in [2.75, 3.05) is 26.2 Å². The first-order chi connectivity index (χ1) is 14.4. The number of piperidine rings is 1. The van der Waals surface area contributed by atoms with Crippen LogP contribution < -0.4 is 0 Å². The monoisotopic (exact) mass is 428 g/mol. The molecule has 3 heterocycles. The van der Waals surface area contributed by atoms with E-state index in [-0.39, 0.29) is 29.9 Å². The van der Waals surface area contributed by atoms with Gasteiger partial charge in [0.15, 0.2) is 4.77 Å². The quantitative estimate of drug-likeness (QED) is 0.763. The Morgan fingerprint density at radius 2 is 1.67 bits per heavy atom. The lowest BCUT2D eigenvalue weighted by atomic mass is 9.94. The highest BCUT2D eigenvalue weighted by Gasteiger charge is 2.34. The molecule has 1 aromatic carbocycles. The van der Waals surface area contributed by atoms with E-state index in [0.717, 1.165) is 5.69 Å². The van der Waals surface area contributed by atoms with Crippen LogP contribution in [0.3, 0.4) is 0 Å². The Morgan fingerprint density at radius 3 is 2.30 bits per heavy atom. The number of morpholine rings is 1. The highest BCUT2D eigenvalue weighted by molar-refractivity contribution is 7.71. The van der Waals surface area contributed by atoms with Gasteiger partial charge in [-0.05, 0) is 51.0 Å². The number of hydrogen-bond donors (Lipinski definition) is 1. The molecule has 0 radical (unpaired) electrons. The van der Waals surface area contributed by atoms with Crippen molar-refractivity contribution in [3.8, 4) is 5.69 Å². The molecular formula is C22H28N4O3S. The molecule has 2 saturated heterocycles. The van der Waals surface area contributed by atoms with E-state index in [1.807, 2.05) is 54.0 Å². The number of aromatic amines is 1. The van der Waals surface area contributed by atoms with Gasteiger partial charge in [0.25, 0.3) is 5.91 Å². The molecule has 2 aromatic rings. The summed E-state index contributed by atoms with van der Waals surface area (Å²) in [6.07, 6.45) is 3.16. The van der Waals surface area contributed by atoms with Gasteiger partial charge in [-0.15, -0.1) is 0 Å². The van der Waals surface area contributed by atoms with Crippen LogP contribution >= 0.6 is 12.2 Å². The van der Waals surface area contributed by atoms with Gasteiger partial charge in [0.05, 0.1) is 12.2 Å². The number of amides is 2. The number of likely N-dealkylation sites (tertiary alicyclic amines) is 1. The lowest BCUT2D eigenvalue weighted by molar-refractivity contribution is -0.148. The minimum absolute atomic E-state index is 0.0338. The first-order valence-electron chi connectivity index (χ1n) is 10.5. The van der Waals surface area contributed by atoms with Crippen LogP contribution in [0.15, 0.2) is 36.5 Å². The van der Waals surface area contributed by atoms with Gasteiger partial charge >= 0.3 is 0 Å². The fraction of sp³-hybridized carbons (Fsp3) is 0.500. The summed E-state index contributed by atoms with van der Waals surface area (Å²) in [6, 6.07) is 9.62. The topological polar surface area (TPSA) is 70.6 Å².